The van der Waals surface area contributed by atoms with Crippen molar-refractivity contribution in [3.8, 4) is 5.69 Å². The number of thioether (sulfide) groups is 1. The zero-order valence-corrected chi connectivity index (χ0v) is 13.7. The maximum atomic E-state index is 14.2. The fourth-order valence-electron chi connectivity index (χ4n) is 2.27. The molecule has 1 heterocycles. The van der Waals surface area contributed by atoms with Gasteiger partial charge in [-0.2, -0.15) is 0 Å². The Morgan fingerprint density at radius 2 is 2.00 bits per heavy atom. The molecule has 0 aliphatic carbocycles. The molecule has 0 radical (unpaired) electrons. The molecule has 3 rings (SSSR count). The van der Waals surface area contributed by atoms with Crippen molar-refractivity contribution >= 4 is 22.7 Å². The smallest absolute Gasteiger partial charge is 0.266 e. The first-order valence-corrected chi connectivity index (χ1v) is 8.20. The normalized spacial score (nSPS) is 11.0. The van der Waals surface area contributed by atoms with Gasteiger partial charge in [-0.05, 0) is 31.2 Å². The van der Waals surface area contributed by atoms with Crippen molar-refractivity contribution in [2.75, 3.05) is 5.75 Å². The van der Waals surface area contributed by atoms with Crippen molar-refractivity contribution in [1.82, 2.24) is 9.55 Å². The molecule has 0 atom stereocenters. The summed E-state index contributed by atoms with van der Waals surface area (Å²) in [6, 6.07) is 9.98. The van der Waals surface area contributed by atoms with E-state index in [0.29, 0.717) is 21.8 Å². The molecule has 0 fully saturated rings. The summed E-state index contributed by atoms with van der Waals surface area (Å²) in [4.78, 5) is 17.3. The third-order valence-corrected chi connectivity index (χ3v) is 4.51. The topological polar surface area (TPSA) is 34.9 Å². The largest absolute Gasteiger partial charge is 0.268 e. The first-order chi connectivity index (χ1) is 11.5. The average Bonchev–Trinajstić information content (AvgIpc) is 2.54. The number of aromatic nitrogens is 2. The number of rotatable bonds is 4. The van der Waals surface area contributed by atoms with E-state index in [-0.39, 0.29) is 5.69 Å². The van der Waals surface area contributed by atoms with Gasteiger partial charge in [0.2, 0.25) is 0 Å². The van der Waals surface area contributed by atoms with E-state index in [1.165, 1.54) is 22.4 Å². The summed E-state index contributed by atoms with van der Waals surface area (Å²) in [5.41, 5.74) is 1.01. The molecule has 3 aromatic rings. The zero-order valence-electron chi connectivity index (χ0n) is 12.9. The highest BCUT2D eigenvalue weighted by Crippen LogP contribution is 2.24. The predicted molar refractivity (Wildman–Crippen MR) is 92.8 cm³/mol. The third kappa shape index (κ3) is 3.10. The molecule has 0 amide bonds. The lowest BCUT2D eigenvalue weighted by atomic mass is 10.2. The van der Waals surface area contributed by atoms with Crippen LogP contribution >= 0.6 is 11.8 Å². The van der Waals surface area contributed by atoms with E-state index in [9.17, 15) is 13.6 Å². The van der Waals surface area contributed by atoms with Crippen LogP contribution in [-0.4, -0.2) is 15.3 Å². The third-order valence-electron chi connectivity index (χ3n) is 3.34. The number of fused-ring (bicyclic) bond motifs is 1. The molecule has 3 nitrogen and oxygen atoms in total. The van der Waals surface area contributed by atoms with Crippen molar-refractivity contribution in [2.45, 2.75) is 12.1 Å². The molecular weight excluding hydrogens is 330 g/mol. The molecule has 1 aromatic heterocycles. The molecule has 122 valence electrons. The van der Waals surface area contributed by atoms with Crippen molar-refractivity contribution in [2.24, 2.45) is 0 Å². The van der Waals surface area contributed by atoms with Crippen LogP contribution in [0.5, 0.6) is 0 Å². The molecule has 6 heteroatoms. The van der Waals surface area contributed by atoms with Gasteiger partial charge in [-0.1, -0.05) is 36.0 Å². The second-order valence-corrected chi connectivity index (χ2v) is 6.34. The highest BCUT2D eigenvalue weighted by Gasteiger charge is 2.16. The number of halogens is 2. The van der Waals surface area contributed by atoms with Crippen LogP contribution in [0.2, 0.25) is 0 Å². The highest BCUT2D eigenvalue weighted by molar-refractivity contribution is 7.99. The second kappa shape index (κ2) is 6.57. The van der Waals surface area contributed by atoms with Crippen LogP contribution in [0.1, 0.15) is 6.92 Å². The lowest BCUT2D eigenvalue weighted by Crippen LogP contribution is -2.22. The van der Waals surface area contributed by atoms with Crippen LogP contribution in [0.4, 0.5) is 8.78 Å². The molecule has 24 heavy (non-hydrogen) atoms. The van der Waals surface area contributed by atoms with Crippen molar-refractivity contribution in [3.63, 3.8) is 0 Å². The Labute approximate surface area is 141 Å². The van der Waals surface area contributed by atoms with Gasteiger partial charge in [0.1, 0.15) is 11.6 Å². The molecule has 0 saturated carbocycles. The van der Waals surface area contributed by atoms with Gasteiger partial charge >= 0.3 is 0 Å². The van der Waals surface area contributed by atoms with Gasteiger partial charge in [0.25, 0.3) is 5.56 Å². The molecule has 0 bridgehead atoms. The molecular formula is C18H14F2N2OS. The molecule has 0 aliphatic rings. The highest BCUT2D eigenvalue weighted by atomic mass is 32.2. The number of para-hydroxylation sites is 1. The number of nitrogens with zero attached hydrogens (tertiary/aromatic N) is 2. The summed E-state index contributed by atoms with van der Waals surface area (Å²) in [6.45, 7) is 5.68. The monoisotopic (exact) mass is 344 g/mol. The van der Waals surface area contributed by atoms with E-state index in [1.54, 1.807) is 24.3 Å². The molecule has 2 aromatic carbocycles. The van der Waals surface area contributed by atoms with Crippen LogP contribution in [0.15, 0.2) is 64.6 Å². The fourth-order valence-corrected chi connectivity index (χ4v) is 3.12. The van der Waals surface area contributed by atoms with Crippen LogP contribution in [0.3, 0.4) is 0 Å². The van der Waals surface area contributed by atoms with Crippen LogP contribution in [-0.2, 0) is 0 Å². The first-order valence-electron chi connectivity index (χ1n) is 7.22. The maximum absolute atomic E-state index is 14.2. The molecule has 0 unspecified atom stereocenters. The van der Waals surface area contributed by atoms with Crippen LogP contribution in [0.25, 0.3) is 16.6 Å². The molecule has 0 aliphatic heterocycles. The summed E-state index contributed by atoms with van der Waals surface area (Å²) < 4.78 is 28.6. The standard InChI is InChI=1S/C18H14F2N2OS/c1-11(2)10-24-18-21-15-6-4-3-5-13(15)17(23)22(18)16-8-7-12(19)9-14(16)20/h3-9H,1,10H2,2H3. The maximum Gasteiger partial charge on any atom is 0.266 e. The lowest BCUT2D eigenvalue weighted by molar-refractivity contribution is 0.572. The van der Waals surface area contributed by atoms with E-state index in [1.807, 2.05) is 6.92 Å². The fraction of sp³-hybridized carbons (Fsp3) is 0.111. The minimum absolute atomic E-state index is 0.0242. The van der Waals surface area contributed by atoms with Gasteiger partial charge in [0, 0.05) is 11.8 Å². The van der Waals surface area contributed by atoms with Gasteiger partial charge in [-0.15, -0.1) is 0 Å². The Kier molecular flexibility index (Phi) is 4.49. The SMILES string of the molecule is C=C(C)CSc1nc2ccccc2c(=O)n1-c1ccc(F)cc1F. The summed E-state index contributed by atoms with van der Waals surface area (Å²) >= 11 is 1.28. The van der Waals surface area contributed by atoms with Crippen molar-refractivity contribution < 1.29 is 8.78 Å². The minimum atomic E-state index is -0.814. The quantitative estimate of drug-likeness (QED) is 0.401. The zero-order chi connectivity index (χ0) is 17.3. The average molecular weight is 344 g/mol. The van der Waals surface area contributed by atoms with E-state index in [4.69, 9.17) is 0 Å². The van der Waals surface area contributed by atoms with Crippen LogP contribution < -0.4 is 5.56 Å². The van der Waals surface area contributed by atoms with Gasteiger partial charge < -0.3 is 0 Å². The Hall–Kier alpha value is -2.47. The molecule has 0 N–H and O–H groups in total. The predicted octanol–water partition coefficient (Wildman–Crippen LogP) is 4.33. The van der Waals surface area contributed by atoms with E-state index >= 15 is 0 Å². The second-order valence-electron chi connectivity index (χ2n) is 5.39. The number of benzene rings is 2. The molecule has 0 saturated heterocycles. The summed E-state index contributed by atoms with van der Waals surface area (Å²) in [5.74, 6) is -0.978. The van der Waals surface area contributed by atoms with Gasteiger partial charge in [-0.25, -0.2) is 13.8 Å². The summed E-state index contributed by atoms with van der Waals surface area (Å²) in [6.07, 6.45) is 0. The van der Waals surface area contributed by atoms with Gasteiger partial charge in [0.05, 0.1) is 16.6 Å². The molecule has 0 spiro atoms. The Balaban J connectivity index is 2.30. The summed E-state index contributed by atoms with van der Waals surface area (Å²) in [7, 11) is 0. The van der Waals surface area contributed by atoms with Crippen molar-refractivity contribution in [1.29, 1.82) is 0 Å². The minimum Gasteiger partial charge on any atom is -0.268 e. The van der Waals surface area contributed by atoms with Crippen molar-refractivity contribution in [3.05, 3.63) is 76.6 Å². The first kappa shape index (κ1) is 16.4. The Morgan fingerprint density at radius 3 is 2.71 bits per heavy atom. The van der Waals surface area contributed by atoms with Gasteiger partial charge in [-0.3, -0.25) is 9.36 Å². The van der Waals surface area contributed by atoms with Gasteiger partial charge in [0.15, 0.2) is 5.16 Å². The Bertz CT molecular complexity index is 998. The number of hydrogen-bond acceptors (Lipinski definition) is 3. The van der Waals surface area contributed by atoms with E-state index in [2.05, 4.69) is 11.6 Å². The summed E-state index contributed by atoms with van der Waals surface area (Å²) in [5, 5.41) is 0.716. The van der Waals surface area contributed by atoms with E-state index < -0.39 is 17.2 Å². The number of hydrogen-bond donors (Lipinski definition) is 0. The van der Waals surface area contributed by atoms with Crippen LogP contribution in [0, 0.1) is 11.6 Å². The Morgan fingerprint density at radius 1 is 1.25 bits per heavy atom. The lowest BCUT2D eigenvalue weighted by Gasteiger charge is -2.14. The van der Waals surface area contributed by atoms with E-state index in [0.717, 1.165) is 17.7 Å².